The lowest BCUT2D eigenvalue weighted by molar-refractivity contribution is 0.233. The first-order chi connectivity index (χ1) is 7.29. The van der Waals surface area contributed by atoms with Crippen LogP contribution >= 0.6 is 11.3 Å². The lowest BCUT2D eigenvalue weighted by atomic mass is 10.2. The third-order valence-electron chi connectivity index (χ3n) is 2.61. The van der Waals surface area contributed by atoms with Gasteiger partial charge in [0.15, 0.2) is 0 Å². The van der Waals surface area contributed by atoms with Crippen LogP contribution < -0.4 is 5.32 Å². The molecule has 0 radical (unpaired) electrons. The summed E-state index contributed by atoms with van der Waals surface area (Å²) in [6.07, 6.45) is 2.64. The number of hydrogen-bond donors (Lipinski definition) is 2. The second kappa shape index (κ2) is 5.05. The van der Waals surface area contributed by atoms with Crippen LogP contribution in [0.5, 0.6) is 0 Å². The SMILES string of the molecule is CC(CO)CNCc1csc(C2CC2)n1. The fourth-order valence-electron chi connectivity index (χ4n) is 1.43. The minimum absolute atomic E-state index is 0.247. The fraction of sp³-hybridized carbons (Fsp3) is 0.727. The molecule has 1 heterocycles. The van der Waals surface area contributed by atoms with E-state index >= 15 is 0 Å². The number of thiazole rings is 1. The number of hydrogen-bond acceptors (Lipinski definition) is 4. The van der Waals surface area contributed by atoms with E-state index in [2.05, 4.69) is 15.7 Å². The number of aliphatic hydroxyl groups excluding tert-OH is 1. The van der Waals surface area contributed by atoms with Crippen molar-refractivity contribution in [2.24, 2.45) is 5.92 Å². The van der Waals surface area contributed by atoms with Crippen molar-refractivity contribution < 1.29 is 5.11 Å². The summed E-state index contributed by atoms with van der Waals surface area (Å²) in [6, 6.07) is 0. The number of nitrogens with zero attached hydrogens (tertiary/aromatic N) is 1. The van der Waals surface area contributed by atoms with Crippen LogP contribution in [0.1, 0.15) is 36.4 Å². The number of rotatable bonds is 6. The van der Waals surface area contributed by atoms with Crippen molar-refractivity contribution in [3.63, 3.8) is 0 Å². The Morgan fingerprint density at radius 2 is 2.47 bits per heavy atom. The molecule has 0 amide bonds. The zero-order chi connectivity index (χ0) is 10.7. The molecule has 1 saturated carbocycles. The van der Waals surface area contributed by atoms with Gasteiger partial charge in [0.25, 0.3) is 0 Å². The van der Waals surface area contributed by atoms with E-state index < -0.39 is 0 Å². The van der Waals surface area contributed by atoms with Crippen LogP contribution in [0.4, 0.5) is 0 Å². The Balaban J connectivity index is 1.73. The monoisotopic (exact) mass is 226 g/mol. The highest BCUT2D eigenvalue weighted by Gasteiger charge is 2.26. The van der Waals surface area contributed by atoms with Gasteiger partial charge in [-0.3, -0.25) is 0 Å². The predicted octanol–water partition coefficient (Wildman–Crippen LogP) is 1.74. The molecule has 2 rings (SSSR count). The zero-order valence-corrected chi connectivity index (χ0v) is 9.89. The minimum Gasteiger partial charge on any atom is -0.396 e. The average Bonchev–Trinajstić information content (AvgIpc) is 2.99. The van der Waals surface area contributed by atoms with Crippen LogP contribution in [0.2, 0.25) is 0 Å². The van der Waals surface area contributed by atoms with Gasteiger partial charge in [-0.2, -0.15) is 0 Å². The Hall–Kier alpha value is -0.450. The van der Waals surface area contributed by atoms with Crippen LogP contribution in [0, 0.1) is 5.92 Å². The molecule has 0 aromatic carbocycles. The minimum atomic E-state index is 0.247. The average molecular weight is 226 g/mol. The Bertz CT molecular complexity index is 309. The molecule has 0 bridgehead atoms. The fourth-order valence-corrected chi connectivity index (χ4v) is 2.42. The molecule has 84 valence electrons. The van der Waals surface area contributed by atoms with Crippen LogP contribution in [0.3, 0.4) is 0 Å². The van der Waals surface area contributed by atoms with E-state index in [1.54, 1.807) is 11.3 Å². The van der Waals surface area contributed by atoms with Gasteiger partial charge in [-0.15, -0.1) is 11.3 Å². The molecular formula is C11H18N2OS. The van der Waals surface area contributed by atoms with Gasteiger partial charge < -0.3 is 10.4 Å². The summed E-state index contributed by atoms with van der Waals surface area (Å²) >= 11 is 1.78. The molecule has 1 unspecified atom stereocenters. The molecular weight excluding hydrogens is 208 g/mol. The Labute approximate surface area is 94.5 Å². The molecule has 1 aromatic rings. The Kier molecular flexibility index (Phi) is 3.72. The van der Waals surface area contributed by atoms with Crippen LogP contribution in [-0.4, -0.2) is 23.2 Å². The van der Waals surface area contributed by atoms with Gasteiger partial charge in [0, 0.05) is 31.0 Å². The molecule has 1 aromatic heterocycles. The van der Waals surface area contributed by atoms with Crippen molar-refractivity contribution in [1.29, 1.82) is 0 Å². The summed E-state index contributed by atoms with van der Waals surface area (Å²) in [6.45, 7) is 3.96. The highest BCUT2D eigenvalue weighted by atomic mass is 32.1. The van der Waals surface area contributed by atoms with Crippen molar-refractivity contribution in [1.82, 2.24) is 10.3 Å². The first-order valence-corrected chi connectivity index (χ1v) is 6.43. The van der Waals surface area contributed by atoms with E-state index in [0.29, 0.717) is 5.92 Å². The third-order valence-corrected chi connectivity index (χ3v) is 3.66. The number of aliphatic hydroxyl groups is 1. The van der Waals surface area contributed by atoms with Gasteiger partial charge in [0.1, 0.15) is 0 Å². The lowest BCUT2D eigenvalue weighted by Gasteiger charge is -2.07. The van der Waals surface area contributed by atoms with Crippen LogP contribution in [0.25, 0.3) is 0 Å². The molecule has 0 saturated heterocycles. The third kappa shape index (κ3) is 3.26. The van der Waals surface area contributed by atoms with Crippen LogP contribution in [-0.2, 0) is 6.54 Å². The van der Waals surface area contributed by atoms with E-state index in [0.717, 1.165) is 24.7 Å². The largest absolute Gasteiger partial charge is 0.396 e. The summed E-state index contributed by atoms with van der Waals surface area (Å²) < 4.78 is 0. The molecule has 1 aliphatic rings. The van der Waals surface area contributed by atoms with Gasteiger partial charge in [-0.1, -0.05) is 6.92 Å². The van der Waals surface area contributed by atoms with E-state index in [4.69, 9.17) is 5.11 Å². The molecule has 2 N–H and O–H groups in total. The van der Waals surface area contributed by atoms with E-state index in [1.165, 1.54) is 17.8 Å². The van der Waals surface area contributed by atoms with Crippen molar-refractivity contribution in [3.05, 3.63) is 16.1 Å². The molecule has 15 heavy (non-hydrogen) atoms. The van der Waals surface area contributed by atoms with Gasteiger partial charge in [0.05, 0.1) is 10.7 Å². The topological polar surface area (TPSA) is 45.1 Å². The van der Waals surface area contributed by atoms with E-state index in [-0.39, 0.29) is 6.61 Å². The maximum Gasteiger partial charge on any atom is 0.0959 e. The lowest BCUT2D eigenvalue weighted by Crippen LogP contribution is -2.22. The van der Waals surface area contributed by atoms with Crippen molar-refractivity contribution >= 4 is 11.3 Å². The molecule has 0 spiro atoms. The maximum atomic E-state index is 8.86. The first-order valence-electron chi connectivity index (χ1n) is 5.55. The van der Waals surface area contributed by atoms with Crippen molar-refractivity contribution in [2.45, 2.75) is 32.2 Å². The molecule has 1 fully saturated rings. The van der Waals surface area contributed by atoms with Gasteiger partial charge in [-0.05, 0) is 18.8 Å². The van der Waals surface area contributed by atoms with Crippen molar-refractivity contribution in [3.8, 4) is 0 Å². The molecule has 1 atom stereocenters. The van der Waals surface area contributed by atoms with Gasteiger partial charge in [0.2, 0.25) is 0 Å². The second-order valence-electron chi connectivity index (χ2n) is 4.37. The van der Waals surface area contributed by atoms with Crippen LogP contribution in [0.15, 0.2) is 5.38 Å². The van der Waals surface area contributed by atoms with E-state index in [1.807, 2.05) is 6.92 Å². The summed E-state index contributed by atoms with van der Waals surface area (Å²) in [5, 5.41) is 15.6. The highest BCUT2D eigenvalue weighted by Crippen LogP contribution is 2.41. The zero-order valence-electron chi connectivity index (χ0n) is 9.07. The maximum absolute atomic E-state index is 8.86. The van der Waals surface area contributed by atoms with E-state index in [9.17, 15) is 0 Å². The quantitative estimate of drug-likeness (QED) is 0.776. The van der Waals surface area contributed by atoms with Crippen molar-refractivity contribution in [2.75, 3.05) is 13.2 Å². The predicted molar refractivity (Wildman–Crippen MR) is 62.0 cm³/mol. The van der Waals surface area contributed by atoms with Gasteiger partial charge in [-0.25, -0.2) is 4.98 Å². The summed E-state index contributed by atoms with van der Waals surface area (Å²) in [5.74, 6) is 1.09. The second-order valence-corrected chi connectivity index (χ2v) is 5.26. The Morgan fingerprint density at radius 1 is 1.67 bits per heavy atom. The molecule has 4 heteroatoms. The normalized spacial score (nSPS) is 18.0. The summed E-state index contributed by atoms with van der Waals surface area (Å²) in [5.41, 5.74) is 1.15. The smallest absolute Gasteiger partial charge is 0.0959 e. The van der Waals surface area contributed by atoms with Gasteiger partial charge >= 0.3 is 0 Å². The number of aromatic nitrogens is 1. The molecule has 3 nitrogen and oxygen atoms in total. The summed E-state index contributed by atoms with van der Waals surface area (Å²) in [7, 11) is 0. The number of nitrogens with one attached hydrogen (secondary N) is 1. The highest BCUT2D eigenvalue weighted by molar-refractivity contribution is 7.09. The summed E-state index contributed by atoms with van der Waals surface area (Å²) in [4.78, 5) is 4.59. The first kappa shape index (κ1) is 11.0. The molecule has 0 aliphatic heterocycles. The standard InChI is InChI=1S/C11H18N2OS/c1-8(6-14)4-12-5-10-7-15-11(13-10)9-2-3-9/h7-9,12,14H,2-6H2,1H3. The Morgan fingerprint density at radius 3 is 3.13 bits per heavy atom. The molecule has 1 aliphatic carbocycles.